The van der Waals surface area contributed by atoms with Gasteiger partial charge in [0.05, 0.1) is 0 Å². The first-order valence-electron chi connectivity index (χ1n) is 6.72. The van der Waals surface area contributed by atoms with Crippen molar-refractivity contribution in [3.8, 4) is 0 Å². The molecule has 0 nitrogen and oxygen atoms in total. The Morgan fingerprint density at radius 1 is 1.13 bits per heavy atom. The van der Waals surface area contributed by atoms with E-state index < -0.39 is 0 Å². The summed E-state index contributed by atoms with van der Waals surface area (Å²) in [7, 11) is 0. The fraction of sp³-hybridized carbons (Fsp3) is 0.933. The van der Waals surface area contributed by atoms with Crippen molar-refractivity contribution >= 4 is 0 Å². The number of unbranched alkanes of at least 4 members (excludes halogenated alkanes) is 1. The summed E-state index contributed by atoms with van der Waals surface area (Å²) in [4.78, 5) is 0. The molecule has 0 heteroatoms. The second-order valence-corrected chi connectivity index (χ2v) is 6.08. The topological polar surface area (TPSA) is 0 Å². The van der Waals surface area contributed by atoms with Gasteiger partial charge >= 0.3 is 0 Å². The van der Waals surface area contributed by atoms with Crippen molar-refractivity contribution in [1.29, 1.82) is 0 Å². The molecule has 0 aliphatic rings. The molecule has 0 fully saturated rings. The molecule has 0 rings (SSSR count). The fourth-order valence-electron chi connectivity index (χ4n) is 2.81. The minimum absolute atomic E-state index is 0.557. The predicted molar refractivity (Wildman–Crippen MR) is 70.8 cm³/mol. The van der Waals surface area contributed by atoms with E-state index in [1.54, 1.807) is 0 Å². The van der Waals surface area contributed by atoms with Crippen molar-refractivity contribution in [2.75, 3.05) is 0 Å². The van der Waals surface area contributed by atoms with E-state index in [9.17, 15) is 0 Å². The van der Waals surface area contributed by atoms with Crippen LogP contribution in [0.1, 0.15) is 73.1 Å². The van der Waals surface area contributed by atoms with E-state index in [2.05, 4.69) is 41.5 Å². The highest BCUT2D eigenvalue weighted by molar-refractivity contribution is 4.78. The summed E-state index contributed by atoms with van der Waals surface area (Å²) >= 11 is 0. The normalized spacial score (nSPS) is 17.8. The molecule has 2 unspecified atom stereocenters. The lowest BCUT2D eigenvalue weighted by molar-refractivity contribution is 0.178. The van der Waals surface area contributed by atoms with Crippen molar-refractivity contribution in [3.63, 3.8) is 0 Å². The Bertz CT molecular complexity index is 148. The van der Waals surface area contributed by atoms with E-state index >= 15 is 0 Å². The van der Waals surface area contributed by atoms with Gasteiger partial charge in [-0.1, -0.05) is 60.8 Å². The molecule has 0 bridgehead atoms. The number of rotatable bonds is 8. The van der Waals surface area contributed by atoms with Gasteiger partial charge in [0, 0.05) is 0 Å². The van der Waals surface area contributed by atoms with Crippen molar-refractivity contribution in [3.05, 3.63) is 6.92 Å². The highest BCUT2D eigenvalue weighted by atomic mass is 14.3. The molecule has 0 aliphatic carbocycles. The van der Waals surface area contributed by atoms with Gasteiger partial charge in [0.1, 0.15) is 0 Å². The summed E-state index contributed by atoms with van der Waals surface area (Å²) in [6.45, 7) is 15.8. The smallest absolute Gasteiger partial charge is 0.0321 e. The van der Waals surface area contributed by atoms with Gasteiger partial charge in [-0.3, -0.25) is 0 Å². The van der Waals surface area contributed by atoms with Gasteiger partial charge in [0.15, 0.2) is 0 Å². The van der Waals surface area contributed by atoms with Crippen LogP contribution >= 0.6 is 0 Å². The van der Waals surface area contributed by atoms with Crippen molar-refractivity contribution in [2.45, 2.75) is 73.1 Å². The van der Waals surface area contributed by atoms with Crippen LogP contribution in [0.15, 0.2) is 0 Å². The van der Waals surface area contributed by atoms with Gasteiger partial charge in [-0.2, -0.15) is 0 Å². The minimum atomic E-state index is 0.557. The highest BCUT2D eigenvalue weighted by Crippen LogP contribution is 2.38. The van der Waals surface area contributed by atoms with Crippen molar-refractivity contribution in [2.24, 2.45) is 17.3 Å². The Kier molecular flexibility index (Phi) is 7.30. The molecule has 0 aromatic carbocycles. The Balaban J connectivity index is 4.25. The van der Waals surface area contributed by atoms with Gasteiger partial charge in [0.2, 0.25) is 0 Å². The Morgan fingerprint density at radius 3 is 2.13 bits per heavy atom. The van der Waals surface area contributed by atoms with Gasteiger partial charge in [0.25, 0.3) is 0 Å². The van der Waals surface area contributed by atoms with Crippen molar-refractivity contribution < 1.29 is 0 Å². The van der Waals surface area contributed by atoms with E-state index in [1.165, 1.54) is 32.1 Å². The third kappa shape index (κ3) is 6.98. The summed E-state index contributed by atoms with van der Waals surface area (Å²) < 4.78 is 0. The molecule has 0 aromatic rings. The van der Waals surface area contributed by atoms with Crippen molar-refractivity contribution in [1.82, 2.24) is 0 Å². The van der Waals surface area contributed by atoms with E-state index in [-0.39, 0.29) is 0 Å². The maximum Gasteiger partial charge on any atom is -0.0321 e. The van der Waals surface area contributed by atoms with Crippen LogP contribution in [0.25, 0.3) is 0 Å². The molecule has 0 aliphatic heterocycles. The SMILES string of the molecule is [CH2]CCCC(C)(CC(C)C)CC(C)CC. The van der Waals surface area contributed by atoms with Crippen LogP contribution in [-0.2, 0) is 0 Å². The van der Waals surface area contributed by atoms with E-state index in [0.717, 1.165) is 18.3 Å². The van der Waals surface area contributed by atoms with E-state index in [4.69, 9.17) is 0 Å². The maximum atomic E-state index is 3.97. The average Bonchev–Trinajstić information content (AvgIpc) is 2.13. The Hall–Kier alpha value is 0. The molecule has 0 saturated carbocycles. The monoisotopic (exact) mass is 211 g/mol. The summed E-state index contributed by atoms with van der Waals surface area (Å²) in [6.07, 6.45) is 7.82. The third-order valence-electron chi connectivity index (χ3n) is 3.47. The molecule has 0 aromatic heterocycles. The van der Waals surface area contributed by atoms with E-state index in [1.807, 2.05) is 0 Å². The average molecular weight is 211 g/mol. The Labute approximate surface area is 97.8 Å². The van der Waals surface area contributed by atoms with Crippen LogP contribution in [0.3, 0.4) is 0 Å². The third-order valence-corrected chi connectivity index (χ3v) is 3.47. The lowest BCUT2D eigenvalue weighted by atomic mass is 9.72. The van der Waals surface area contributed by atoms with Gasteiger partial charge < -0.3 is 0 Å². The number of hydrogen-bond acceptors (Lipinski definition) is 0. The first kappa shape index (κ1) is 15.0. The highest BCUT2D eigenvalue weighted by Gasteiger charge is 2.26. The zero-order chi connectivity index (χ0) is 11.9. The number of hydrogen-bond donors (Lipinski definition) is 0. The first-order valence-corrected chi connectivity index (χ1v) is 6.72. The largest absolute Gasteiger partial charge is 0.0651 e. The van der Waals surface area contributed by atoms with Gasteiger partial charge in [-0.15, -0.1) is 0 Å². The second kappa shape index (κ2) is 7.30. The van der Waals surface area contributed by atoms with Crippen LogP contribution in [0.5, 0.6) is 0 Å². The summed E-state index contributed by atoms with van der Waals surface area (Å²) in [6, 6.07) is 0. The van der Waals surface area contributed by atoms with E-state index in [0.29, 0.717) is 5.41 Å². The summed E-state index contributed by atoms with van der Waals surface area (Å²) in [5.74, 6) is 1.70. The lowest BCUT2D eigenvalue weighted by Crippen LogP contribution is -2.22. The van der Waals surface area contributed by atoms with Crippen LogP contribution in [-0.4, -0.2) is 0 Å². The maximum absolute atomic E-state index is 3.97. The molecule has 0 N–H and O–H groups in total. The molecule has 2 atom stereocenters. The fourth-order valence-corrected chi connectivity index (χ4v) is 2.81. The van der Waals surface area contributed by atoms with Gasteiger partial charge in [-0.25, -0.2) is 0 Å². The molecule has 1 radical (unpaired) electrons. The van der Waals surface area contributed by atoms with Gasteiger partial charge in [-0.05, 0) is 36.5 Å². The van der Waals surface area contributed by atoms with Crippen LogP contribution < -0.4 is 0 Å². The molecule has 15 heavy (non-hydrogen) atoms. The second-order valence-electron chi connectivity index (χ2n) is 6.08. The molecular weight excluding hydrogens is 180 g/mol. The molecule has 0 spiro atoms. The molecular formula is C15H31. The standard InChI is InChI=1S/C15H31/c1-7-9-10-15(6,11-13(3)4)12-14(5)8-2/h13-14H,1,7-12H2,2-6H3. The van der Waals surface area contributed by atoms with Crippen LogP contribution in [0, 0.1) is 24.2 Å². The van der Waals surface area contributed by atoms with Crippen LogP contribution in [0.4, 0.5) is 0 Å². The zero-order valence-corrected chi connectivity index (χ0v) is 11.6. The molecule has 0 heterocycles. The summed E-state index contributed by atoms with van der Waals surface area (Å²) in [5, 5.41) is 0. The zero-order valence-electron chi connectivity index (χ0n) is 11.6. The molecule has 0 saturated heterocycles. The quantitative estimate of drug-likeness (QED) is 0.499. The summed E-state index contributed by atoms with van der Waals surface area (Å²) in [5.41, 5.74) is 0.557. The minimum Gasteiger partial charge on any atom is -0.0651 e. The Morgan fingerprint density at radius 2 is 1.73 bits per heavy atom. The molecule has 91 valence electrons. The van der Waals surface area contributed by atoms with Crippen LogP contribution in [0.2, 0.25) is 0 Å². The lowest BCUT2D eigenvalue weighted by Gasteiger charge is -2.34. The predicted octanol–water partition coefficient (Wildman–Crippen LogP) is 5.48. The molecule has 0 amide bonds. The first-order chi connectivity index (χ1) is 6.93.